The van der Waals surface area contributed by atoms with Gasteiger partial charge in [0.05, 0.1) is 0 Å². The first kappa shape index (κ1) is 8.08. The summed E-state index contributed by atoms with van der Waals surface area (Å²) >= 11 is 0. The van der Waals surface area contributed by atoms with Crippen LogP contribution in [0.25, 0.3) is 0 Å². The molecule has 1 unspecified atom stereocenters. The van der Waals surface area contributed by atoms with E-state index in [4.69, 9.17) is 0 Å². The van der Waals surface area contributed by atoms with Gasteiger partial charge >= 0.3 is 0 Å². The molecule has 3 N–H and O–H groups in total. The molecule has 0 amide bonds. The SMILES string of the molecule is C1=C(C2CNCCN2)CCCN1. The third kappa shape index (κ3) is 1.79. The van der Waals surface area contributed by atoms with Crippen LogP contribution in [0.2, 0.25) is 0 Å². The van der Waals surface area contributed by atoms with Crippen molar-refractivity contribution in [2.75, 3.05) is 26.2 Å². The zero-order valence-corrected chi connectivity index (χ0v) is 7.40. The van der Waals surface area contributed by atoms with Crippen molar-refractivity contribution in [2.45, 2.75) is 18.9 Å². The molecule has 0 bridgehead atoms. The molecule has 0 saturated carbocycles. The molecule has 0 aromatic rings. The molecule has 1 fully saturated rings. The summed E-state index contributed by atoms with van der Waals surface area (Å²) in [5.74, 6) is 0. The van der Waals surface area contributed by atoms with Gasteiger partial charge in [-0.3, -0.25) is 0 Å². The Bertz CT molecular complexity index is 171. The second-order valence-corrected chi connectivity index (χ2v) is 3.49. The number of piperazine rings is 1. The zero-order chi connectivity index (χ0) is 8.23. The third-order valence-electron chi connectivity index (χ3n) is 2.56. The van der Waals surface area contributed by atoms with E-state index < -0.39 is 0 Å². The van der Waals surface area contributed by atoms with E-state index in [0.29, 0.717) is 6.04 Å². The molecule has 0 aliphatic carbocycles. The van der Waals surface area contributed by atoms with Crippen LogP contribution in [0.4, 0.5) is 0 Å². The van der Waals surface area contributed by atoms with Gasteiger partial charge in [-0.2, -0.15) is 0 Å². The van der Waals surface area contributed by atoms with Crippen molar-refractivity contribution in [1.82, 2.24) is 16.0 Å². The number of rotatable bonds is 1. The lowest BCUT2D eigenvalue weighted by atomic mass is 9.99. The molecular weight excluding hydrogens is 150 g/mol. The molecule has 68 valence electrons. The Balaban J connectivity index is 1.92. The van der Waals surface area contributed by atoms with Crippen LogP contribution in [-0.4, -0.2) is 32.2 Å². The monoisotopic (exact) mass is 167 g/mol. The van der Waals surface area contributed by atoms with Crippen molar-refractivity contribution < 1.29 is 0 Å². The maximum absolute atomic E-state index is 3.52. The van der Waals surface area contributed by atoms with Crippen LogP contribution in [0.1, 0.15) is 12.8 Å². The molecule has 2 aliphatic rings. The van der Waals surface area contributed by atoms with E-state index >= 15 is 0 Å². The average Bonchev–Trinajstić information content (AvgIpc) is 2.21. The molecule has 0 radical (unpaired) electrons. The predicted molar refractivity (Wildman–Crippen MR) is 50.0 cm³/mol. The van der Waals surface area contributed by atoms with E-state index in [9.17, 15) is 0 Å². The van der Waals surface area contributed by atoms with E-state index in [1.807, 2.05) is 0 Å². The van der Waals surface area contributed by atoms with Crippen molar-refractivity contribution in [3.05, 3.63) is 11.8 Å². The quantitative estimate of drug-likeness (QED) is 0.507. The lowest BCUT2D eigenvalue weighted by molar-refractivity contribution is 0.440. The maximum Gasteiger partial charge on any atom is 0.0423 e. The summed E-state index contributed by atoms with van der Waals surface area (Å²) < 4.78 is 0. The number of hydrogen-bond acceptors (Lipinski definition) is 3. The highest BCUT2D eigenvalue weighted by Crippen LogP contribution is 2.13. The standard InChI is InChI=1S/C9H17N3/c1-2-8(6-10-3-1)9-7-11-4-5-12-9/h6,9-12H,1-5,7H2. The molecule has 0 spiro atoms. The van der Waals surface area contributed by atoms with E-state index in [-0.39, 0.29) is 0 Å². The average molecular weight is 167 g/mol. The van der Waals surface area contributed by atoms with E-state index in [0.717, 1.165) is 26.2 Å². The molecule has 2 aliphatic heterocycles. The Morgan fingerprint density at radius 3 is 2.92 bits per heavy atom. The highest BCUT2D eigenvalue weighted by atomic mass is 15.1. The van der Waals surface area contributed by atoms with Gasteiger partial charge in [-0.15, -0.1) is 0 Å². The fraction of sp³-hybridized carbons (Fsp3) is 0.778. The molecule has 1 atom stereocenters. The molecule has 2 heterocycles. The van der Waals surface area contributed by atoms with Crippen molar-refractivity contribution in [3.63, 3.8) is 0 Å². The Morgan fingerprint density at radius 1 is 1.25 bits per heavy atom. The van der Waals surface area contributed by atoms with Crippen molar-refractivity contribution in [3.8, 4) is 0 Å². The minimum absolute atomic E-state index is 0.576. The van der Waals surface area contributed by atoms with Crippen molar-refractivity contribution in [2.24, 2.45) is 0 Å². The molecule has 3 heteroatoms. The minimum atomic E-state index is 0.576. The first-order valence-corrected chi connectivity index (χ1v) is 4.83. The smallest absolute Gasteiger partial charge is 0.0423 e. The number of nitrogens with one attached hydrogen (secondary N) is 3. The predicted octanol–water partition coefficient (Wildman–Crippen LogP) is -0.185. The van der Waals surface area contributed by atoms with Gasteiger partial charge < -0.3 is 16.0 Å². The lowest BCUT2D eigenvalue weighted by Gasteiger charge is -2.28. The molecule has 2 rings (SSSR count). The summed E-state index contributed by atoms with van der Waals surface area (Å²) in [7, 11) is 0. The summed E-state index contributed by atoms with van der Waals surface area (Å²) in [6.07, 6.45) is 4.73. The fourth-order valence-electron chi connectivity index (χ4n) is 1.86. The maximum atomic E-state index is 3.52. The Hall–Kier alpha value is -0.540. The largest absolute Gasteiger partial charge is 0.391 e. The van der Waals surface area contributed by atoms with E-state index in [2.05, 4.69) is 22.2 Å². The second-order valence-electron chi connectivity index (χ2n) is 3.49. The summed E-state index contributed by atoms with van der Waals surface area (Å²) in [5.41, 5.74) is 1.54. The molecule has 12 heavy (non-hydrogen) atoms. The van der Waals surface area contributed by atoms with Crippen LogP contribution >= 0.6 is 0 Å². The molecule has 3 nitrogen and oxygen atoms in total. The lowest BCUT2D eigenvalue weighted by Crippen LogP contribution is -2.49. The summed E-state index contributed by atoms with van der Waals surface area (Å²) in [6.45, 7) is 4.44. The third-order valence-corrected chi connectivity index (χ3v) is 2.56. The second kappa shape index (κ2) is 3.92. The Labute approximate surface area is 73.6 Å². The van der Waals surface area contributed by atoms with Gasteiger partial charge in [0.2, 0.25) is 0 Å². The van der Waals surface area contributed by atoms with Gasteiger partial charge in [-0.1, -0.05) is 0 Å². The van der Waals surface area contributed by atoms with Crippen molar-refractivity contribution in [1.29, 1.82) is 0 Å². The summed E-state index contributed by atoms with van der Waals surface area (Å²) in [4.78, 5) is 0. The minimum Gasteiger partial charge on any atom is -0.391 e. The van der Waals surface area contributed by atoms with Crippen LogP contribution in [0.5, 0.6) is 0 Å². The molecular formula is C9H17N3. The summed E-state index contributed by atoms with van der Waals surface area (Å²) in [5, 5.41) is 10.2. The van der Waals surface area contributed by atoms with Crippen LogP contribution in [0.3, 0.4) is 0 Å². The molecule has 1 saturated heterocycles. The van der Waals surface area contributed by atoms with Crippen LogP contribution in [-0.2, 0) is 0 Å². The van der Waals surface area contributed by atoms with Crippen molar-refractivity contribution >= 4 is 0 Å². The Morgan fingerprint density at radius 2 is 2.25 bits per heavy atom. The normalized spacial score (nSPS) is 30.7. The van der Waals surface area contributed by atoms with E-state index in [1.54, 1.807) is 0 Å². The number of hydrogen-bond donors (Lipinski definition) is 3. The van der Waals surface area contributed by atoms with Gasteiger partial charge in [-0.05, 0) is 24.6 Å². The highest BCUT2D eigenvalue weighted by Gasteiger charge is 2.17. The first-order chi connectivity index (χ1) is 5.97. The van der Waals surface area contributed by atoms with Gasteiger partial charge in [0.25, 0.3) is 0 Å². The summed E-state index contributed by atoms with van der Waals surface area (Å²) in [6, 6.07) is 0.576. The first-order valence-electron chi connectivity index (χ1n) is 4.83. The topological polar surface area (TPSA) is 36.1 Å². The van der Waals surface area contributed by atoms with Gasteiger partial charge in [0.1, 0.15) is 0 Å². The van der Waals surface area contributed by atoms with Gasteiger partial charge in [0, 0.05) is 32.2 Å². The van der Waals surface area contributed by atoms with Gasteiger partial charge in [0.15, 0.2) is 0 Å². The van der Waals surface area contributed by atoms with Crippen LogP contribution in [0, 0.1) is 0 Å². The van der Waals surface area contributed by atoms with Crippen LogP contribution in [0.15, 0.2) is 11.8 Å². The zero-order valence-electron chi connectivity index (χ0n) is 7.40. The molecule has 0 aromatic carbocycles. The van der Waals surface area contributed by atoms with Gasteiger partial charge in [-0.25, -0.2) is 0 Å². The fourth-order valence-corrected chi connectivity index (χ4v) is 1.86. The molecule has 0 aromatic heterocycles. The highest BCUT2D eigenvalue weighted by molar-refractivity contribution is 5.13. The van der Waals surface area contributed by atoms with Crippen LogP contribution < -0.4 is 16.0 Å². The van der Waals surface area contributed by atoms with E-state index in [1.165, 1.54) is 18.4 Å². The Kier molecular flexibility index (Phi) is 2.64.